The van der Waals surface area contributed by atoms with Crippen molar-refractivity contribution in [2.45, 2.75) is 23.9 Å². The maximum Gasteiger partial charge on any atom is 0.416 e. The van der Waals surface area contributed by atoms with Gasteiger partial charge in [-0.05, 0) is 49.2 Å². The number of halogens is 3. The second-order valence-corrected chi connectivity index (χ2v) is 9.20. The number of nitriles is 1. The summed E-state index contributed by atoms with van der Waals surface area (Å²) in [6.45, 7) is 0.0577. The van der Waals surface area contributed by atoms with Gasteiger partial charge in [-0.15, -0.1) is 0 Å². The molecule has 2 aromatic rings. The molecule has 0 saturated carbocycles. The van der Waals surface area contributed by atoms with E-state index in [4.69, 9.17) is 5.26 Å². The summed E-state index contributed by atoms with van der Waals surface area (Å²) in [4.78, 5) is 13.8. The molecule has 0 N–H and O–H groups in total. The molecule has 1 saturated heterocycles. The Kier molecular flexibility index (Phi) is 6.38. The van der Waals surface area contributed by atoms with E-state index in [-0.39, 0.29) is 31.8 Å². The number of piperidine rings is 1. The van der Waals surface area contributed by atoms with Gasteiger partial charge < -0.3 is 4.90 Å². The van der Waals surface area contributed by atoms with Crippen molar-refractivity contribution >= 4 is 21.6 Å². The molecule has 2 aromatic carbocycles. The quantitative estimate of drug-likeness (QED) is 0.711. The molecule has 0 aliphatic carbocycles. The average molecular weight is 451 g/mol. The highest BCUT2D eigenvalue weighted by Crippen LogP contribution is 2.32. The molecule has 1 amide bonds. The standard InChI is InChI=1S/C21H20F3N3O3S/c1-26(18-6-2-4-15(12-18)14-25)20(28)16-8-10-27(11-9-16)31(29,30)19-7-3-5-17(13-19)21(22,23)24/h2-7,12-13,16H,8-11H2,1H3. The van der Waals surface area contributed by atoms with E-state index in [0.717, 1.165) is 22.5 Å². The van der Waals surface area contributed by atoms with Crippen LogP contribution in [0.4, 0.5) is 18.9 Å². The predicted octanol–water partition coefficient (Wildman–Crippen LogP) is 3.64. The van der Waals surface area contributed by atoms with Crippen LogP contribution in [-0.2, 0) is 21.0 Å². The molecule has 0 aromatic heterocycles. The molecule has 3 rings (SSSR count). The number of sulfonamides is 1. The number of alkyl halides is 3. The van der Waals surface area contributed by atoms with Crippen LogP contribution in [0, 0.1) is 17.2 Å². The molecule has 6 nitrogen and oxygen atoms in total. The van der Waals surface area contributed by atoms with Gasteiger partial charge in [0.05, 0.1) is 22.1 Å². The lowest BCUT2D eigenvalue weighted by atomic mass is 9.96. The Morgan fingerprint density at radius 1 is 1.13 bits per heavy atom. The van der Waals surface area contributed by atoms with Crippen LogP contribution in [0.2, 0.25) is 0 Å². The van der Waals surface area contributed by atoms with E-state index in [1.807, 2.05) is 6.07 Å². The molecule has 164 valence electrons. The third kappa shape index (κ3) is 4.89. The van der Waals surface area contributed by atoms with Gasteiger partial charge in [0.25, 0.3) is 0 Å². The second kappa shape index (κ2) is 8.69. The number of carbonyl (C=O) groups is 1. The molecule has 0 unspecified atom stereocenters. The van der Waals surface area contributed by atoms with Crippen LogP contribution >= 0.6 is 0 Å². The molecule has 1 fully saturated rings. The summed E-state index contributed by atoms with van der Waals surface area (Å²) < 4.78 is 65.5. The van der Waals surface area contributed by atoms with Gasteiger partial charge in [-0.1, -0.05) is 12.1 Å². The van der Waals surface area contributed by atoms with Crippen LogP contribution in [0.3, 0.4) is 0 Å². The molecule has 1 aliphatic heterocycles. The number of rotatable bonds is 4. The van der Waals surface area contributed by atoms with Crippen LogP contribution < -0.4 is 4.90 Å². The highest BCUT2D eigenvalue weighted by molar-refractivity contribution is 7.89. The van der Waals surface area contributed by atoms with Crippen molar-refractivity contribution in [3.05, 3.63) is 59.7 Å². The number of carbonyl (C=O) groups excluding carboxylic acids is 1. The Bertz CT molecular complexity index is 1120. The van der Waals surface area contributed by atoms with E-state index in [1.165, 1.54) is 4.90 Å². The number of amides is 1. The van der Waals surface area contributed by atoms with E-state index in [1.54, 1.807) is 31.3 Å². The zero-order valence-corrected chi connectivity index (χ0v) is 17.4. The first-order chi connectivity index (χ1) is 14.5. The summed E-state index contributed by atoms with van der Waals surface area (Å²) in [5.41, 5.74) is -0.0536. The molecular formula is C21H20F3N3O3S. The molecule has 10 heteroatoms. The summed E-state index contributed by atoms with van der Waals surface area (Å²) >= 11 is 0. The topological polar surface area (TPSA) is 81.5 Å². The van der Waals surface area contributed by atoms with Crippen molar-refractivity contribution in [2.75, 3.05) is 25.0 Å². The molecule has 31 heavy (non-hydrogen) atoms. The lowest BCUT2D eigenvalue weighted by molar-refractivity contribution is -0.137. The number of anilines is 1. The van der Waals surface area contributed by atoms with Gasteiger partial charge in [0.1, 0.15) is 0 Å². The minimum atomic E-state index is -4.64. The van der Waals surface area contributed by atoms with E-state index in [0.29, 0.717) is 17.3 Å². The molecule has 0 radical (unpaired) electrons. The fourth-order valence-electron chi connectivity index (χ4n) is 3.51. The van der Waals surface area contributed by atoms with Gasteiger partial charge in [-0.3, -0.25) is 4.79 Å². The van der Waals surface area contributed by atoms with Gasteiger partial charge in [0.2, 0.25) is 15.9 Å². The number of hydrogen-bond acceptors (Lipinski definition) is 4. The van der Waals surface area contributed by atoms with Gasteiger partial charge in [-0.25, -0.2) is 8.42 Å². The van der Waals surface area contributed by atoms with Crippen molar-refractivity contribution in [2.24, 2.45) is 5.92 Å². The van der Waals surface area contributed by atoms with E-state index >= 15 is 0 Å². The van der Waals surface area contributed by atoms with Gasteiger partial charge >= 0.3 is 6.18 Å². The van der Waals surface area contributed by atoms with Crippen molar-refractivity contribution in [1.82, 2.24) is 4.31 Å². The van der Waals surface area contributed by atoms with E-state index in [2.05, 4.69) is 0 Å². The van der Waals surface area contributed by atoms with Gasteiger partial charge in [0, 0.05) is 31.7 Å². The predicted molar refractivity (Wildman–Crippen MR) is 107 cm³/mol. The van der Waals surface area contributed by atoms with Crippen LogP contribution in [-0.4, -0.2) is 38.8 Å². The minimum absolute atomic E-state index is 0.0288. The van der Waals surface area contributed by atoms with Crippen LogP contribution in [0.15, 0.2) is 53.4 Å². The summed E-state index contributed by atoms with van der Waals surface area (Å²) in [6.07, 6.45) is -4.14. The molecule has 1 heterocycles. The smallest absolute Gasteiger partial charge is 0.315 e. The molecule has 1 aliphatic rings. The van der Waals surface area contributed by atoms with Crippen molar-refractivity contribution in [3.63, 3.8) is 0 Å². The highest BCUT2D eigenvalue weighted by atomic mass is 32.2. The maximum atomic E-state index is 12.9. The Labute approximate surface area is 178 Å². The third-order valence-electron chi connectivity index (χ3n) is 5.30. The first-order valence-electron chi connectivity index (χ1n) is 9.49. The number of hydrogen-bond donors (Lipinski definition) is 0. The van der Waals surface area contributed by atoms with Crippen molar-refractivity contribution in [1.29, 1.82) is 5.26 Å². The van der Waals surface area contributed by atoms with Crippen molar-refractivity contribution in [3.8, 4) is 6.07 Å². The lowest BCUT2D eigenvalue weighted by Gasteiger charge is -2.32. The maximum absolute atomic E-state index is 12.9. The number of nitrogens with zero attached hydrogens (tertiary/aromatic N) is 3. The Hall–Kier alpha value is -2.90. The zero-order chi connectivity index (χ0) is 22.8. The SMILES string of the molecule is CN(C(=O)C1CCN(S(=O)(=O)c2cccc(C(F)(F)F)c2)CC1)c1cccc(C#N)c1. The third-order valence-corrected chi connectivity index (χ3v) is 7.19. The van der Waals surface area contributed by atoms with Crippen LogP contribution in [0.1, 0.15) is 24.0 Å². The molecule has 0 spiro atoms. The second-order valence-electron chi connectivity index (χ2n) is 7.26. The monoisotopic (exact) mass is 451 g/mol. The largest absolute Gasteiger partial charge is 0.416 e. The van der Waals surface area contributed by atoms with E-state index < -0.39 is 32.6 Å². The lowest BCUT2D eigenvalue weighted by Crippen LogP contribution is -2.43. The fraction of sp³-hybridized carbons (Fsp3) is 0.333. The first-order valence-corrected chi connectivity index (χ1v) is 10.9. The summed E-state index contributed by atoms with van der Waals surface area (Å²) in [6, 6.07) is 12.2. The van der Waals surface area contributed by atoms with Crippen molar-refractivity contribution < 1.29 is 26.4 Å². The minimum Gasteiger partial charge on any atom is -0.315 e. The molecule has 0 bridgehead atoms. The summed E-state index contributed by atoms with van der Waals surface area (Å²) in [5, 5.41) is 9.01. The van der Waals surface area contributed by atoms with Crippen LogP contribution in [0.5, 0.6) is 0 Å². The summed E-state index contributed by atoms with van der Waals surface area (Å²) in [7, 11) is -2.52. The fourth-order valence-corrected chi connectivity index (χ4v) is 5.03. The summed E-state index contributed by atoms with van der Waals surface area (Å²) in [5.74, 6) is -0.630. The normalized spacial score (nSPS) is 16.0. The Balaban J connectivity index is 1.70. The number of benzene rings is 2. The van der Waals surface area contributed by atoms with Gasteiger partial charge in [-0.2, -0.15) is 22.7 Å². The van der Waals surface area contributed by atoms with E-state index in [9.17, 15) is 26.4 Å². The highest BCUT2D eigenvalue weighted by Gasteiger charge is 2.36. The molecular weight excluding hydrogens is 431 g/mol. The van der Waals surface area contributed by atoms with Gasteiger partial charge in [0.15, 0.2) is 0 Å². The first kappa shape index (κ1) is 22.8. The Morgan fingerprint density at radius 3 is 2.39 bits per heavy atom. The zero-order valence-electron chi connectivity index (χ0n) is 16.6. The van der Waals surface area contributed by atoms with Crippen LogP contribution in [0.25, 0.3) is 0 Å². The molecule has 0 atom stereocenters. The Morgan fingerprint density at radius 2 is 1.77 bits per heavy atom. The average Bonchev–Trinajstić information content (AvgIpc) is 2.77.